The average Bonchev–Trinajstić information content (AvgIpc) is 2.73. The van der Waals surface area contributed by atoms with Crippen molar-refractivity contribution in [2.75, 3.05) is 13.7 Å². The zero-order chi connectivity index (χ0) is 14.0. The van der Waals surface area contributed by atoms with E-state index < -0.39 is 0 Å². The molecule has 0 spiro atoms. The minimum atomic E-state index is -0.00266. The van der Waals surface area contributed by atoms with Crippen LogP contribution < -0.4 is 4.74 Å². The Balaban J connectivity index is 2.64. The molecule has 2 aromatic rings. The van der Waals surface area contributed by atoms with E-state index in [9.17, 15) is 4.79 Å². The molecule has 0 aliphatic heterocycles. The molecule has 102 valence electrons. The molecule has 0 fully saturated rings. The normalized spacial score (nSPS) is 10.9. The third-order valence-electron chi connectivity index (χ3n) is 3.09. The summed E-state index contributed by atoms with van der Waals surface area (Å²) in [7, 11) is 1.54. The van der Waals surface area contributed by atoms with Gasteiger partial charge in [0.05, 0.1) is 17.6 Å². The number of nitrogens with zero attached hydrogens (tertiary/aromatic N) is 1. The van der Waals surface area contributed by atoms with Crippen LogP contribution in [0.2, 0.25) is 5.02 Å². The summed E-state index contributed by atoms with van der Waals surface area (Å²) in [4.78, 5) is 11.7. The van der Waals surface area contributed by atoms with Crippen molar-refractivity contribution >= 4 is 28.3 Å². The Labute approximate surface area is 116 Å². The Kier molecular flexibility index (Phi) is 4.12. The van der Waals surface area contributed by atoms with Crippen molar-refractivity contribution < 1.29 is 14.6 Å². The van der Waals surface area contributed by atoms with Crippen molar-refractivity contribution in [1.29, 1.82) is 0 Å². The fourth-order valence-corrected chi connectivity index (χ4v) is 2.39. The van der Waals surface area contributed by atoms with Gasteiger partial charge in [0.1, 0.15) is 5.75 Å². The number of halogens is 1. The number of aryl methyl sites for hydroxylation is 1. The summed E-state index contributed by atoms with van der Waals surface area (Å²) >= 11 is 6.13. The maximum Gasteiger partial charge on any atom is 0.161 e. The van der Waals surface area contributed by atoms with E-state index in [1.807, 2.05) is 4.57 Å². The van der Waals surface area contributed by atoms with Crippen molar-refractivity contribution in [3.63, 3.8) is 0 Å². The average molecular weight is 282 g/mol. The molecule has 0 aliphatic rings. The number of Topliss-reactive ketones (excluding diaryl/α,β-unsaturated/α-hetero) is 1. The second kappa shape index (κ2) is 5.63. The summed E-state index contributed by atoms with van der Waals surface area (Å²) in [5.41, 5.74) is 1.52. The van der Waals surface area contributed by atoms with E-state index >= 15 is 0 Å². The van der Waals surface area contributed by atoms with Crippen LogP contribution in [-0.4, -0.2) is 29.2 Å². The predicted octanol–water partition coefficient (Wildman–Crippen LogP) is 2.89. The quantitative estimate of drug-likeness (QED) is 0.858. The third kappa shape index (κ3) is 2.60. The van der Waals surface area contributed by atoms with Crippen LogP contribution in [0.15, 0.2) is 18.3 Å². The highest BCUT2D eigenvalue weighted by atomic mass is 35.5. The van der Waals surface area contributed by atoms with Gasteiger partial charge in [-0.15, -0.1) is 0 Å². The lowest BCUT2D eigenvalue weighted by atomic mass is 10.1. The highest BCUT2D eigenvalue weighted by Gasteiger charge is 2.14. The standard InChI is InChI=1S/C14H16ClNO3/c1-9(18)11-8-16(4-3-5-17)13-7-12(15)14(19-2)6-10(11)13/h6-8,17H,3-5H2,1-2H3. The van der Waals surface area contributed by atoms with E-state index in [-0.39, 0.29) is 12.4 Å². The van der Waals surface area contributed by atoms with E-state index in [2.05, 4.69) is 0 Å². The molecule has 0 radical (unpaired) electrons. The molecular formula is C14H16ClNO3. The Morgan fingerprint density at radius 1 is 1.47 bits per heavy atom. The molecule has 5 heteroatoms. The summed E-state index contributed by atoms with van der Waals surface area (Å²) in [6.45, 7) is 2.29. The number of fused-ring (bicyclic) bond motifs is 1. The number of ketones is 1. The fourth-order valence-electron chi connectivity index (χ4n) is 2.15. The maximum absolute atomic E-state index is 11.7. The number of ether oxygens (including phenoxy) is 1. The number of carbonyl (C=O) groups is 1. The summed E-state index contributed by atoms with van der Waals surface area (Å²) in [5, 5.41) is 10.3. The van der Waals surface area contributed by atoms with Gasteiger partial charge in [0.25, 0.3) is 0 Å². The Bertz CT molecular complexity index is 619. The minimum absolute atomic E-state index is 0.00266. The lowest BCUT2D eigenvalue weighted by Crippen LogP contribution is -1.98. The summed E-state index contributed by atoms with van der Waals surface area (Å²) < 4.78 is 7.12. The number of hydrogen-bond acceptors (Lipinski definition) is 3. The van der Waals surface area contributed by atoms with Gasteiger partial charge in [-0.1, -0.05) is 11.6 Å². The molecule has 4 nitrogen and oxygen atoms in total. The zero-order valence-electron chi connectivity index (χ0n) is 10.9. The topological polar surface area (TPSA) is 51.5 Å². The molecule has 1 aromatic heterocycles. The van der Waals surface area contributed by atoms with Crippen LogP contribution >= 0.6 is 11.6 Å². The van der Waals surface area contributed by atoms with Gasteiger partial charge in [0, 0.05) is 30.3 Å². The molecule has 0 unspecified atom stereocenters. The molecule has 1 N–H and O–H groups in total. The number of benzene rings is 1. The number of methoxy groups -OCH3 is 1. The van der Waals surface area contributed by atoms with Gasteiger partial charge in [-0.2, -0.15) is 0 Å². The molecule has 0 saturated carbocycles. The first kappa shape index (κ1) is 13.9. The van der Waals surface area contributed by atoms with Crippen molar-refractivity contribution in [3.05, 3.63) is 28.9 Å². The zero-order valence-corrected chi connectivity index (χ0v) is 11.7. The van der Waals surface area contributed by atoms with Crippen LogP contribution in [0.1, 0.15) is 23.7 Å². The second-order valence-corrected chi connectivity index (χ2v) is 4.78. The molecule has 1 aromatic carbocycles. The van der Waals surface area contributed by atoms with E-state index in [0.717, 1.165) is 10.9 Å². The van der Waals surface area contributed by atoms with E-state index in [4.69, 9.17) is 21.4 Å². The van der Waals surface area contributed by atoms with Crippen LogP contribution in [0.25, 0.3) is 10.9 Å². The van der Waals surface area contributed by atoms with Gasteiger partial charge in [-0.05, 0) is 25.5 Å². The monoisotopic (exact) mass is 281 g/mol. The number of hydrogen-bond donors (Lipinski definition) is 1. The van der Waals surface area contributed by atoms with Crippen LogP contribution in [0, 0.1) is 0 Å². The third-order valence-corrected chi connectivity index (χ3v) is 3.39. The summed E-state index contributed by atoms with van der Waals surface area (Å²) in [5.74, 6) is 0.550. The van der Waals surface area contributed by atoms with Crippen molar-refractivity contribution in [3.8, 4) is 5.75 Å². The van der Waals surface area contributed by atoms with Gasteiger partial charge in [0.15, 0.2) is 5.78 Å². The van der Waals surface area contributed by atoms with Crippen LogP contribution in [-0.2, 0) is 6.54 Å². The lowest BCUT2D eigenvalue weighted by Gasteiger charge is -2.06. The van der Waals surface area contributed by atoms with Gasteiger partial charge < -0.3 is 14.4 Å². The molecule has 0 bridgehead atoms. The van der Waals surface area contributed by atoms with E-state index in [0.29, 0.717) is 29.3 Å². The van der Waals surface area contributed by atoms with Gasteiger partial charge in [-0.25, -0.2) is 0 Å². The number of aliphatic hydroxyl groups is 1. The fraction of sp³-hybridized carbons (Fsp3) is 0.357. The number of carbonyl (C=O) groups excluding carboxylic acids is 1. The predicted molar refractivity (Wildman–Crippen MR) is 75.2 cm³/mol. The van der Waals surface area contributed by atoms with E-state index in [1.165, 1.54) is 6.92 Å². The summed E-state index contributed by atoms with van der Waals surface area (Å²) in [6, 6.07) is 3.57. The molecule has 0 atom stereocenters. The van der Waals surface area contributed by atoms with Crippen LogP contribution in [0.3, 0.4) is 0 Å². The first-order valence-corrected chi connectivity index (χ1v) is 6.44. The first-order chi connectivity index (χ1) is 9.08. The Morgan fingerprint density at radius 2 is 2.21 bits per heavy atom. The molecular weight excluding hydrogens is 266 g/mol. The van der Waals surface area contributed by atoms with Gasteiger partial charge in [0.2, 0.25) is 0 Å². The van der Waals surface area contributed by atoms with Crippen molar-refractivity contribution in [2.45, 2.75) is 19.9 Å². The number of aromatic nitrogens is 1. The maximum atomic E-state index is 11.7. The molecule has 1 heterocycles. The second-order valence-electron chi connectivity index (χ2n) is 4.37. The van der Waals surface area contributed by atoms with Crippen LogP contribution in [0.4, 0.5) is 0 Å². The number of rotatable bonds is 5. The highest BCUT2D eigenvalue weighted by Crippen LogP contribution is 2.33. The number of aliphatic hydroxyl groups excluding tert-OH is 1. The molecule has 2 rings (SSSR count). The van der Waals surface area contributed by atoms with Crippen molar-refractivity contribution in [1.82, 2.24) is 4.57 Å². The molecule has 0 aliphatic carbocycles. The smallest absolute Gasteiger partial charge is 0.161 e. The molecule has 0 amide bonds. The molecule has 19 heavy (non-hydrogen) atoms. The minimum Gasteiger partial charge on any atom is -0.495 e. The van der Waals surface area contributed by atoms with Gasteiger partial charge >= 0.3 is 0 Å². The Morgan fingerprint density at radius 3 is 2.79 bits per heavy atom. The van der Waals surface area contributed by atoms with E-state index in [1.54, 1.807) is 25.4 Å². The van der Waals surface area contributed by atoms with Crippen molar-refractivity contribution in [2.24, 2.45) is 0 Å². The SMILES string of the molecule is COc1cc2c(C(C)=O)cn(CCCO)c2cc1Cl. The highest BCUT2D eigenvalue weighted by molar-refractivity contribution is 6.33. The Hall–Kier alpha value is -1.52. The molecule has 0 saturated heterocycles. The first-order valence-electron chi connectivity index (χ1n) is 6.06. The summed E-state index contributed by atoms with van der Waals surface area (Å²) in [6.07, 6.45) is 2.43. The van der Waals surface area contributed by atoms with Crippen LogP contribution in [0.5, 0.6) is 5.75 Å². The largest absolute Gasteiger partial charge is 0.495 e. The van der Waals surface area contributed by atoms with Gasteiger partial charge in [-0.3, -0.25) is 4.79 Å². The lowest BCUT2D eigenvalue weighted by molar-refractivity contribution is 0.101.